The second kappa shape index (κ2) is 7.20. The summed E-state index contributed by atoms with van der Waals surface area (Å²) in [5.74, 6) is -0.831. The number of aliphatic carboxylic acids is 1. The van der Waals surface area contributed by atoms with Gasteiger partial charge in [0.2, 0.25) is 0 Å². The maximum atomic E-state index is 11.9. The number of carbonyl (C=O) groups excluding carboxylic acids is 1. The topological polar surface area (TPSA) is 81.7 Å². The molecule has 0 saturated carbocycles. The summed E-state index contributed by atoms with van der Waals surface area (Å²) in [5.41, 5.74) is 0. The van der Waals surface area contributed by atoms with Crippen molar-refractivity contribution in [1.82, 2.24) is 15.5 Å². The zero-order chi connectivity index (χ0) is 13.5. The lowest BCUT2D eigenvalue weighted by Crippen LogP contribution is -2.49. The molecular weight excluding hydrogens is 234 g/mol. The van der Waals surface area contributed by atoms with Gasteiger partial charge in [0.25, 0.3) is 0 Å². The minimum absolute atomic E-state index is 0.0819. The van der Waals surface area contributed by atoms with Crippen LogP contribution in [-0.2, 0) is 4.79 Å². The minimum atomic E-state index is -0.831. The average Bonchev–Trinajstić information content (AvgIpc) is 2.36. The summed E-state index contributed by atoms with van der Waals surface area (Å²) in [4.78, 5) is 24.1. The second-order valence-corrected chi connectivity index (χ2v) is 4.88. The molecule has 1 heterocycles. The predicted octanol–water partition coefficient (Wildman–Crippen LogP) is 0.633. The molecule has 0 radical (unpaired) electrons. The number of nitrogens with one attached hydrogen (secondary N) is 2. The molecule has 1 atom stereocenters. The third kappa shape index (κ3) is 4.91. The number of carboxylic acids is 1. The maximum absolute atomic E-state index is 11.9. The van der Waals surface area contributed by atoms with E-state index in [-0.39, 0.29) is 24.5 Å². The van der Waals surface area contributed by atoms with Gasteiger partial charge in [0, 0.05) is 25.6 Å². The highest BCUT2D eigenvalue weighted by Gasteiger charge is 2.22. The largest absolute Gasteiger partial charge is 0.481 e. The number of hydrogen-bond donors (Lipinski definition) is 3. The highest BCUT2D eigenvalue weighted by atomic mass is 16.4. The van der Waals surface area contributed by atoms with E-state index in [0.29, 0.717) is 6.42 Å². The van der Waals surface area contributed by atoms with E-state index in [1.165, 1.54) is 0 Å². The van der Waals surface area contributed by atoms with E-state index in [9.17, 15) is 9.59 Å². The number of rotatable bonds is 5. The van der Waals surface area contributed by atoms with Crippen molar-refractivity contribution in [2.75, 3.05) is 20.1 Å². The van der Waals surface area contributed by atoms with Gasteiger partial charge in [0.15, 0.2) is 0 Å². The monoisotopic (exact) mass is 257 g/mol. The molecule has 2 amide bonds. The quantitative estimate of drug-likeness (QED) is 0.675. The fourth-order valence-electron chi connectivity index (χ4n) is 2.08. The Morgan fingerprint density at radius 2 is 2.06 bits per heavy atom. The molecule has 1 fully saturated rings. The fraction of sp³-hybridized carbons (Fsp3) is 0.833. The molecule has 0 bridgehead atoms. The van der Waals surface area contributed by atoms with Crippen molar-refractivity contribution in [3.63, 3.8) is 0 Å². The van der Waals surface area contributed by atoms with E-state index >= 15 is 0 Å². The van der Waals surface area contributed by atoms with Crippen LogP contribution >= 0.6 is 0 Å². The van der Waals surface area contributed by atoms with Crippen molar-refractivity contribution >= 4 is 12.0 Å². The first-order valence-electron chi connectivity index (χ1n) is 6.46. The van der Waals surface area contributed by atoms with Crippen molar-refractivity contribution in [2.24, 2.45) is 0 Å². The van der Waals surface area contributed by atoms with Crippen LogP contribution in [-0.4, -0.2) is 54.2 Å². The van der Waals surface area contributed by atoms with E-state index in [0.717, 1.165) is 25.9 Å². The summed E-state index contributed by atoms with van der Waals surface area (Å²) >= 11 is 0. The number of nitrogens with zero attached hydrogens (tertiary/aromatic N) is 1. The van der Waals surface area contributed by atoms with Crippen LogP contribution in [0.1, 0.15) is 32.6 Å². The summed E-state index contributed by atoms with van der Waals surface area (Å²) < 4.78 is 0. The lowest BCUT2D eigenvalue weighted by atomic mass is 10.1. The highest BCUT2D eigenvalue weighted by Crippen LogP contribution is 2.10. The zero-order valence-electron chi connectivity index (χ0n) is 11.1. The Hall–Kier alpha value is -1.30. The van der Waals surface area contributed by atoms with Gasteiger partial charge in [-0.2, -0.15) is 0 Å². The third-order valence-electron chi connectivity index (χ3n) is 3.34. The molecule has 1 aliphatic rings. The molecule has 0 aromatic rings. The van der Waals surface area contributed by atoms with Crippen molar-refractivity contribution < 1.29 is 14.7 Å². The standard InChI is InChI=1S/C12H23N3O3/c1-9(3-4-11(16)17)14-12(18)15(2)10-5-7-13-8-6-10/h9-10,13H,3-8H2,1-2H3,(H,14,18)(H,16,17). The van der Waals surface area contributed by atoms with Gasteiger partial charge in [0.05, 0.1) is 0 Å². The van der Waals surface area contributed by atoms with Crippen molar-refractivity contribution in [3.8, 4) is 0 Å². The molecule has 1 aliphatic heterocycles. The first-order chi connectivity index (χ1) is 8.50. The third-order valence-corrected chi connectivity index (χ3v) is 3.34. The first-order valence-corrected chi connectivity index (χ1v) is 6.46. The van der Waals surface area contributed by atoms with Crippen LogP contribution in [0, 0.1) is 0 Å². The van der Waals surface area contributed by atoms with Crippen LogP contribution in [0.3, 0.4) is 0 Å². The Morgan fingerprint density at radius 1 is 1.44 bits per heavy atom. The van der Waals surface area contributed by atoms with Gasteiger partial charge in [0.1, 0.15) is 0 Å². The van der Waals surface area contributed by atoms with E-state index in [1.807, 2.05) is 6.92 Å². The zero-order valence-corrected chi connectivity index (χ0v) is 11.1. The van der Waals surface area contributed by atoms with Crippen molar-refractivity contribution in [3.05, 3.63) is 0 Å². The first kappa shape index (κ1) is 14.8. The lowest BCUT2D eigenvalue weighted by Gasteiger charge is -2.32. The number of carbonyl (C=O) groups is 2. The van der Waals surface area contributed by atoms with Crippen LogP contribution in [0.25, 0.3) is 0 Å². The smallest absolute Gasteiger partial charge is 0.317 e. The van der Waals surface area contributed by atoms with Crippen LogP contribution in [0.15, 0.2) is 0 Å². The molecule has 6 heteroatoms. The molecule has 1 unspecified atom stereocenters. The Labute approximate surface area is 108 Å². The summed E-state index contributed by atoms with van der Waals surface area (Å²) in [6, 6.07) is 0.0514. The van der Waals surface area contributed by atoms with Crippen LogP contribution < -0.4 is 10.6 Å². The molecule has 0 spiro atoms. The van der Waals surface area contributed by atoms with Gasteiger partial charge >= 0.3 is 12.0 Å². The molecule has 1 saturated heterocycles. The van der Waals surface area contributed by atoms with E-state index in [4.69, 9.17) is 5.11 Å². The molecule has 0 aliphatic carbocycles. The van der Waals surface area contributed by atoms with E-state index in [2.05, 4.69) is 10.6 Å². The highest BCUT2D eigenvalue weighted by molar-refractivity contribution is 5.74. The Morgan fingerprint density at radius 3 is 2.61 bits per heavy atom. The molecule has 1 rings (SSSR count). The molecule has 0 aromatic carbocycles. The Balaban J connectivity index is 2.31. The lowest BCUT2D eigenvalue weighted by molar-refractivity contribution is -0.137. The number of amides is 2. The summed E-state index contributed by atoms with van der Waals surface area (Å²) in [7, 11) is 1.80. The SMILES string of the molecule is CC(CCC(=O)O)NC(=O)N(C)C1CCNCC1. The summed E-state index contributed by atoms with van der Waals surface area (Å²) in [6.45, 7) is 3.71. The molecule has 6 nitrogen and oxygen atoms in total. The minimum Gasteiger partial charge on any atom is -0.481 e. The van der Waals surface area contributed by atoms with Crippen LogP contribution in [0.5, 0.6) is 0 Å². The number of urea groups is 1. The Kier molecular flexibility index (Phi) is 5.91. The second-order valence-electron chi connectivity index (χ2n) is 4.88. The predicted molar refractivity (Wildman–Crippen MR) is 68.5 cm³/mol. The van der Waals surface area contributed by atoms with Gasteiger partial charge in [-0.15, -0.1) is 0 Å². The van der Waals surface area contributed by atoms with E-state index in [1.54, 1.807) is 11.9 Å². The molecule has 18 heavy (non-hydrogen) atoms. The molecule has 3 N–H and O–H groups in total. The molecule has 0 aromatic heterocycles. The summed E-state index contributed by atoms with van der Waals surface area (Å²) in [5, 5.41) is 14.7. The number of piperidine rings is 1. The van der Waals surface area contributed by atoms with Crippen LogP contribution in [0.2, 0.25) is 0 Å². The Bertz CT molecular complexity index is 290. The molecular formula is C12H23N3O3. The van der Waals surface area contributed by atoms with Crippen LogP contribution in [0.4, 0.5) is 4.79 Å². The van der Waals surface area contributed by atoms with Gasteiger partial charge in [-0.1, -0.05) is 0 Å². The van der Waals surface area contributed by atoms with Gasteiger partial charge in [-0.3, -0.25) is 4.79 Å². The number of carboxylic acid groups (broad SMARTS) is 1. The van der Waals surface area contributed by atoms with Gasteiger partial charge in [-0.25, -0.2) is 4.79 Å². The molecule has 104 valence electrons. The number of hydrogen-bond acceptors (Lipinski definition) is 3. The van der Waals surface area contributed by atoms with Gasteiger partial charge < -0.3 is 20.6 Å². The fourth-order valence-corrected chi connectivity index (χ4v) is 2.08. The normalized spacial score (nSPS) is 18.1. The van der Waals surface area contributed by atoms with E-state index < -0.39 is 5.97 Å². The average molecular weight is 257 g/mol. The summed E-state index contributed by atoms with van der Waals surface area (Å²) in [6.07, 6.45) is 2.47. The van der Waals surface area contributed by atoms with Gasteiger partial charge in [-0.05, 0) is 39.3 Å². The van der Waals surface area contributed by atoms with Crippen molar-refractivity contribution in [1.29, 1.82) is 0 Å². The van der Waals surface area contributed by atoms with Crippen molar-refractivity contribution in [2.45, 2.75) is 44.7 Å². The maximum Gasteiger partial charge on any atom is 0.317 e.